The second-order valence-electron chi connectivity index (χ2n) is 6.71. The molecular weight excluding hydrogens is 420 g/mol. The number of benzene rings is 2. The molecule has 5 nitrogen and oxygen atoms in total. The van der Waals surface area contributed by atoms with Gasteiger partial charge in [0.2, 0.25) is 5.91 Å². The lowest BCUT2D eigenvalue weighted by molar-refractivity contribution is -0.127. The summed E-state index contributed by atoms with van der Waals surface area (Å²) in [7, 11) is 1.59. The number of likely N-dealkylation sites (tertiary alicyclic amines) is 1. The van der Waals surface area contributed by atoms with Crippen molar-refractivity contribution in [2.45, 2.75) is 18.9 Å². The molecule has 146 valence electrons. The summed E-state index contributed by atoms with van der Waals surface area (Å²) in [6.07, 6.45) is 5.14. The van der Waals surface area contributed by atoms with Gasteiger partial charge in [0.15, 0.2) is 0 Å². The number of methoxy groups -OCH3 is 1. The number of hydrogen-bond acceptors (Lipinski definition) is 3. The minimum atomic E-state index is -0.132. The molecule has 2 amide bonds. The van der Waals surface area contributed by atoms with E-state index in [0.717, 1.165) is 22.9 Å². The molecule has 0 spiro atoms. The first-order chi connectivity index (χ1) is 13.5. The first-order valence-corrected chi connectivity index (χ1v) is 10.0. The average molecular weight is 443 g/mol. The molecule has 0 bridgehead atoms. The van der Waals surface area contributed by atoms with Crippen LogP contribution in [0.1, 0.15) is 28.8 Å². The van der Waals surface area contributed by atoms with Gasteiger partial charge in [-0.3, -0.25) is 9.59 Å². The number of nitrogens with zero attached hydrogens (tertiary/aromatic N) is 1. The topological polar surface area (TPSA) is 58.6 Å². The quantitative estimate of drug-likeness (QED) is 0.714. The van der Waals surface area contributed by atoms with Gasteiger partial charge in [-0.1, -0.05) is 28.1 Å². The molecule has 1 fully saturated rings. The number of carbonyl (C=O) groups is 2. The van der Waals surface area contributed by atoms with Crippen LogP contribution < -0.4 is 10.1 Å². The summed E-state index contributed by atoms with van der Waals surface area (Å²) >= 11 is 3.40. The van der Waals surface area contributed by atoms with E-state index in [4.69, 9.17) is 4.74 Å². The molecule has 2 aromatic carbocycles. The van der Waals surface area contributed by atoms with Crippen molar-refractivity contribution in [1.29, 1.82) is 0 Å². The molecule has 1 atom stereocenters. The van der Waals surface area contributed by atoms with Gasteiger partial charge >= 0.3 is 0 Å². The van der Waals surface area contributed by atoms with Gasteiger partial charge in [0.25, 0.3) is 5.91 Å². The summed E-state index contributed by atoms with van der Waals surface area (Å²) < 4.78 is 6.12. The van der Waals surface area contributed by atoms with Crippen molar-refractivity contribution in [3.05, 3.63) is 70.2 Å². The third-order valence-corrected chi connectivity index (χ3v) is 5.24. The predicted molar refractivity (Wildman–Crippen MR) is 113 cm³/mol. The molecule has 1 saturated heterocycles. The van der Waals surface area contributed by atoms with Gasteiger partial charge in [-0.05, 0) is 60.9 Å². The van der Waals surface area contributed by atoms with Crippen LogP contribution >= 0.6 is 15.9 Å². The van der Waals surface area contributed by atoms with Gasteiger partial charge in [0.1, 0.15) is 5.75 Å². The van der Waals surface area contributed by atoms with Crippen LogP contribution in [0.5, 0.6) is 5.75 Å². The van der Waals surface area contributed by atoms with Crippen LogP contribution in [0.3, 0.4) is 0 Å². The van der Waals surface area contributed by atoms with Gasteiger partial charge in [-0.15, -0.1) is 0 Å². The van der Waals surface area contributed by atoms with Gasteiger partial charge in [-0.25, -0.2) is 0 Å². The molecule has 6 heteroatoms. The van der Waals surface area contributed by atoms with E-state index >= 15 is 0 Å². The maximum absolute atomic E-state index is 12.5. The third-order valence-electron chi connectivity index (χ3n) is 4.71. The second-order valence-corrected chi connectivity index (χ2v) is 7.63. The van der Waals surface area contributed by atoms with Crippen LogP contribution in [0, 0.1) is 0 Å². The summed E-state index contributed by atoms with van der Waals surface area (Å²) in [6.45, 7) is 1.23. The fraction of sp³-hybridized carbons (Fsp3) is 0.273. The first kappa shape index (κ1) is 20.1. The zero-order valence-electron chi connectivity index (χ0n) is 15.7. The Morgan fingerprint density at radius 3 is 2.54 bits per heavy atom. The molecule has 0 aliphatic carbocycles. The van der Waals surface area contributed by atoms with Crippen LogP contribution in [0.25, 0.3) is 6.08 Å². The number of halogens is 1. The molecule has 1 aliphatic heterocycles. The van der Waals surface area contributed by atoms with Crippen molar-refractivity contribution >= 4 is 33.8 Å². The van der Waals surface area contributed by atoms with Crippen molar-refractivity contribution in [2.24, 2.45) is 0 Å². The van der Waals surface area contributed by atoms with Crippen molar-refractivity contribution in [1.82, 2.24) is 10.2 Å². The van der Waals surface area contributed by atoms with Crippen molar-refractivity contribution in [2.75, 3.05) is 20.2 Å². The molecule has 1 N–H and O–H groups in total. The Bertz CT molecular complexity index is 847. The van der Waals surface area contributed by atoms with E-state index in [0.29, 0.717) is 24.4 Å². The second kappa shape index (κ2) is 9.55. The van der Waals surface area contributed by atoms with Gasteiger partial charge < -0.3 is 15.0 Å². The third kappa shape index (κ3) is 5.45. The Morgan fingerprint density at radius 1 is 1.14 bits per heavy atom. The minimum absolute atomic E-state index is 0.0358. The fourth-order valence-electron chi connectivity index (χ4n) is 3.15. The van der Waals surface area contributed by atoms with Crippen molar-refractivity contribution in [3.8, 4) is 5.75 Å². The lowest BCUT2D eigenvalue weighted by Crippen LogP contribution is -2.49. The normalized spacial score (nSPS) is 16.8. The van der Waals surface area contributed by atoms with Crippen LogP contribution in [0.15, 0.2) is 59.1 Å². The fourth-order valence-corrected chi connectivity index (χ4v) is 3.42. The molecule has 28 heavy (non-hydrogen) atoms. The Morgan fingerprint density at radius 2 is 1.86 bits per heavy atom. The summed E-state index contributed by atoms with van der Waals surface area (Å²) in [5.41, 5.74) is 1.55. The summed E-state index contributed by atoms with van der Waals surface area (Å²) in [5.74, 6) is 0.544. The molecule has 0 radical (unpaired) electrons. The van der Waals surface area contributed by atoms with E-state index in [1.807, 2.05) is 30.3 Å². The van der Waals surface area contributed by atoms with Crippen molar-refractivity contribution in [3.63, 3.8) is 0 Å². The number of piperidine rings is 1. The van der Waals surface area contributed by atoms with Gasteiger partial charge in [0, 0.05) is 35.2 Å². The number of hydrogen-bond donors (Lipinski definition) is 1. The smallest absolute Gasteiger partial charge is 0.251 e. The number of carbonyl (C=O) groups excluding carboxylic acids is 2. The molecule has 0 saturated carbocycles. The van der Waals surface area contributed by atoms with Gasteiger partial charge in [-0.2, -0.15) is 0 Å². The maximum atomic E-state index is 12.5. The zero-order chi connectivity index (χ0) is 19.9. The summed E-state index contributed by atoms with van der Waals surface area (Å²) in [6, 6.07) is 14.7. The summed E-state index contributed by atoms with van der Waals surface area (Å²) in [5, 5.41) is 3.03. The van der Waals surface area contributed by atoms with Crippen LogP contribution in [0.4, 0.5) is 0 Å². The standard InChI is InChI=1S/C22H23BrN2O3/c1-28-20-11-7-17(8-12-20)22(27)24-19-3-2-14-25(15-19)21(26)13-6-16-4-9-18(23)10-5-16/h4-13,19H,2-3,14-15H2,1H3,(H,24,27)/b13-6+. The SMILES string of the molecule is COc1ccc(C(=O)NC2CCCN(C(=O)/C=C/c3ccc(Br)cc3)C2)cc1. The molecule has 1 heterocycles. The average Bonchev–Trinajstić information content (AvgIpc) is 2.73. The maximum Gasteiger partial charge on any atom is 0.251 e. The number of nitrogens with one attached hydrogen (secondary N) is 1. The first-order valence-electron chi connectivity index (χ1n) is 9.22. The van der Waals surface area contributed by atoms with E-state index in [-0.39, 0.29) is 17.9 Å². The highest BCUT2D eigenvalue weighted by Crippen LogP contribution is 2.15. The molecule has 3 rings (SSSR count). The molecule has 0 aromatic heterocycles. The highest BCUT2D eigenvalue weighted by Gasteiger charge is 2.24. The molecular formula is C22H23BrN2O3. The van der Waals surface area contributed by atoms with Gasteiger partial charge in [0.05, 0.1) is 7.11 Å². The monoisotopic (exact) mass is 442 g/mol. The lowest BCUT2D eigenvalue weighted by Gasteiger charge is -2.32. The number of rotatable bonds is 5. The Labute approximate surface area is 173 Å². The van der Waals surface area contributed by atoms with Crippen LogP contribution in [-0.4, -0.2) is 43.0 Å². The molecule has 2 aromatic rings. The number of amides is 2. The highest BCUT2D eigenvalue weighted by molar-refractivity contribution is 9.10. The lowest BCUT2D eigenvalue weighted by atomic mass is 10.0. The molecule has 1 aliphatic rings. The van der Waals surface area contributed by atoms with Crippen LogP contribution in [0.2, 0.25) is 0 Å². The Hall–Kier alpha value is -2.60. The van der Waals surface area contributed by atoms with E-state index in [9.17, 15) is 9.59 Å². The van der Waals surface area contributed by atoms with E-state index in [1.54, 1.807) is 42.4 Å². The number of ether oxygens (including phenoxy) is 1. The van der Waals surface area contributed by atoms with Crippen molar-refractivity contribution < 1.29 is 14.3 Å². The van der Waals surface area contributed by atoms with E-state index < -0.39 is 0 Å². The van der Waals surface area contributed by atoms with E-state index in [1.165, 1.54) is 0 Å². The Kier molecular flexibility index (Phi) is 6.87. The minimum Gasteiger partial charge on any atom is -0.497 e. The summed E-state index contributed by atoms with van der Waals surface area (Å²) in [4.78, 5) is 26.8. The van der Waals surface area contributed by atoms with Crippen LogP contribution in [-0.2, 0) is 4.79 Å². The van der Waals surface area contributed by atoms with E-state index in [2.05, 4.69) is 21.2 Å². The Balaban J connectivity index is 1.56. The predicted octanol–water partition coefficient (Wildman–Crippen LogP) is 3.89. The largest absolute Gasteiger partial charge is 0.497 e. The molecule has 1 unspecified atom stereocenters. The zero-order valence-corrected chi connectivity index (χ0v) is 17.3. The highest BCUT2D eigenvalue weighted by atomic mass is 79.9.